The Bertz CT molecular complexity index is 1450. The van der Waals surface area contributed by atoms with E-state index in [1.54, 1.807) is 6.07 Å². The van der Waals surface area contributed by atoms with Crippen LogP contribution in [0.2, 0.25) is 0 Å². The number of carbonyl (C=O) groups excluding carboxylic acids is 3. The molecular formula is C39H61N5O8. The molecule has 0 atom stereocenters. The average Bonchev–Trinajstić information content (AvgIpc) is 2.99. The fraction of sp³-hybridized carbons (Fsp3) is 0.641. The molecule has 13 nitrogen and oxygen atoms in total. The molecule has 0 N–H and O–H groups in total. The molecule has 1 aliphatic rings. The van der Waals surface area contributed by atoms with Crippen LogP contribution in [0, 0.1) is 0 Å². The van der Waals surface area contributed by atoms with E-state index >= 15 is 0 Å². The van der Waals surface area contributed by atoms with Gasteiger partial charge in [0.05, 0.1) is 25.3 Å². The summed E-state index contributed by atoms with van der Waals surface area (Å²) in [5, 5.41) is 0. The minimum Gasteiger partial charge on any atom is -0.459 e. The molecule has 290 valence electrons. The maximum atomic E-state index is 13.0. The highest BCUT2D eigenvalue weighted by molar-refractivity contribution is 5.73. The lowest BCUT2D eigenvalue weighted by Gasteiger charge is -2.34. The number of pyridine rings is 1. The molecule has 2 heterocycles. The van der Waals surface area contributed by atoms with Crippen molar-refractivity contribution >= 4 is 17.9 Å². The van der Waals surface area contributed by atoms with Crippen molar-refractivity contribution in [2.24, 2.45) is 0 Å². The SMILES string of the molecule is CC(C)(C)OC(=O)CN1CCN(CC(=O)OC(C)(C)C)CCN(Cc2cccc(=O)n2OCc2ccccc2)CCN(CC(=O)OC(C)(C)C)CC1. The second-order valence-corrected chi connectivity index (χ2v) is 16.3. The van der Waals surface area contributed by atoms with E-state index in [4.69, 9.17) is 19.0 Å². The van der Waals surface area contributed by atoms with Crippen LogP contribution in [0.5, 0.6) is 0 Å². The quantitative estimate of drug-likeness (QED) is 0.250. The van der Waals surface area contributed by atoms with Crippen LogP contribution in [0.1, 0.15) is 73.6 Å². The van der Waals surface area contributed by atoms with Gasteiger partial charge in [0.25, 0.3) is 5.56 Å². The average molecular weight is 728 g/mol. The molecule has 52 heavy (non-hydrogen) atoms. The van der Waals surface area contributed by atoms with Gasteiger partial charge in [0.15, 0.2) is 0 Å². The predicted molar refractivity (Wildman–Crippen MR) is 200 cm³/mol. The first-order valence-electron chi connectivity index (χ1n) is 18.2. The molecule has 0 bridgehead atoms. The molecule has 0 saturated carbocycles. The summed E-state index contributed by atoms with van der Waals surface area (Å²) in [4.78, 5) is 66.4. The van der Waals surface area contributed by atoms with Gasteiger partial charge in [-0.3, -0.25) is 38.8 Å². The Hall–Kier alpha value is -3.78. The van der Waals surface area contributed by atoms with Crippen molar-refractivity contribution in [2.45, 2.75) is 92.3 Å². The Labute approximate surface area is 309 Å². The molecule has 0 unspecified atom stereocenters. The van der Waals surface area contributed by atoms with Gasteiger partial charge < -0.3 is 19.0 Å². The van der Waals surface area contributed by atoms with Crippen molar-refractivity contribution in [3.8, 4) is 0 Å². The molecule has 1 aromatic heterocycles. The fourth-order valence-electron chi connectivity index (χ4n) is 5.60. The van der Waals surface area contributed by atoms with Crippen molar-refractivity contribution in [1.29, 1.82) is 0 Å². The molecule has 1 aliphatic heterocycles. The number of esters is 3. The number of aromatic nitrogens is 1. The molecule has 1 saturated heterocycles. The first-order valence-corrected chi connectivity index (χ1v) is 18.2. The first kappa shape index (κ1) is 42.6. The summed E-state index contributed by atoms with van der Waals surface area (Å²) in [6.45, 7) is 21.4. The van der Waals surface area contributed by atoms with Crippen molar-refractivity contribution < 1.29 is 33.4 Å². The van der Waals surface area contributed by atoms with Gasteiger partial charge in [-0.15, -0.1) is 4.73 Å². The smallest absolute Gasteiger partial charge is 0.320 e. The minimum atomic E-state index is -0.632. The molecule has 0 amide bonds. The van der Waals surface area contributed by atoms with E-state index in [-0.39, 0.29) is 49.7 Å². The minimum absolute atomic E-state index is 0.0679. The van der Waals surface area contributed by atoms with Gasteiger partial charge in [-0.1, -0.05) is 36.4 Å². The van der Waals surface area contributed by atoms with Crippen LogP contribution >= 0.6 is 0 Å². The van der Waals surface area contributed by atoms with Crippen molar-refractivity contribution in [2.75, 3.05) is 72.0 Å². The van der Waals surface area contributed by atoms with Gasteiger partial charge in [0.2, 0.25) is 0 Å². The number of hydrogen-bond donors (Lipinski definition) is 0. The van der Waals surface area contributed by atoms with Gasteiger partial charge in [0, 0.05) is 65.0 Å². The molecule has 0 spiro atoms. The zero-order chi connectivity index (χ0) is 38.5. The van der Waals surface area contributed by atoms with Gasteiger partial charge in [0.1, 0.15) is 23.4 Å². The van der Waals surface area contributed by atoms with Crippen LogP contribution in [0.25, 0.3) is 0 Å². The van der Waals surface area contributed by atoms with E-state index < -0.39 is 16.8 Å². The van der Waals surface area contributed by atoms with E-state index in [2.05, 4.69) is 4.90 Å². The second-order valence-electron chi connectivity index (χ2n) is 16.3. The third-order valence-electron chi connectivity index (χ3n) is 7.83. The van der Waals surface area contributed by atoms with Crippen molar-refractivity contribution in [3.05, 3.63) is 70.1 Å². The highest BCUT2D eigenvalue weighted by Gasteiger charge is 2.26. The van der Waals surface area contributed by atoms with Gasteiger partial charge in [-0.05, 0) is 73.9 Å². The van der Waals surface area contributed by atoms with E-state index in [0.717, 1.165) is 5.56 Å². The lowest BCUT2D eigenvalue weighted by molar-refractivity contribution is -0.158. The predicted octanol–water partition coefficient (Wildman–Crippen LogP) is 3.22. The lowest BCUT2D eigenvalue weighted by Crippen LogP contribution is -2.49. The van der Waals surface area contributed by atoms with Crippen LogP contribution in [0.4, 0.5) is 0 Å². The van der Waals surface area contributed by atoms with Crippen LogP contribution < -0.4 is 10.4 Å². The van der Waals surface area contributed by atoms with Gasteiger partial charge >= 0.3 is 17.9 Å². The van der Waals surface area contributed by atoms with E-state index in [1.165, 1.54) is 10.8 Å². The Morgan fingerprint density at radius 2 is 0.923 bits per heavy atom. The molecule has 1 aromatic carbocycles. The highest BCUT2D eigenvalue weighted by atomic mass is 16.7. The Morgan fingerprint density at radius 1 is 0.538 bits per heavy atom. The second kappa shape index (κ2) is 19.3. The molecular weight excluding hydrogens is 666 g/mol. The summed E-state index contributed by atoms with van der Waals surface area (Å²) in [6, 6.07) is 14.7. The van der Waals surface area contributed by atoms with Crippen molar-refractivity contribution in [1.82, 2.24) is 24.3 Å². The maximum absolute atomic E-state index is 13.0. The number of carbonyl (C=O) groups is 3. The fourth-order valence-corrected chi connectivity index (χ4v) is 5.60. The number of nitrogens with zero attached hydrogens (tertiary/aromatic N) is 5. The molecule has 0 aliphatic carbocycles. The van der Waals surface area contributed by atoms with E-state index in [1.807, 2.05) is 113 Å². The summed E-state index contributed by atoms with van der Waals surface area (Å²) < 4.78 is 18.3. The third-order valence-corrected chi connectivity index (χ3v) is 7.83. The Morgan fingerprint density at radius 3 is 1.31 bits per heavy atom. The van der Waals surface area contributed by atoms with Crippen LogP contribution in [-0.2, 0) is 41.7 Å². The summed E-state index contributed by atoms with van der Waals surface area (Å²) >= 11 is 0. The lowest BCUT2D eigenvalue weighted by atomic mass is 10.2. The molecule has 1 fully saturated rings. The monoisotopic (exact) mass is 727 g/mol. The third kappa shape index (κ3) is 17.2. The van der Waals surface area contributed by atoms with Crippen LogP contribution in [-0.4, -0.2) is 131 Å². The number of hydrogen-bond acceptors (Lipinski definition) is 12. The summed E-state index contributed by atoms with van der Waals surface area (Å²) in [7, 11) is 0. The van der Waals surface area contributed by atoms with Crippen LogP contribution in [0.3, 0.4) is 0 Å². The summed E-state index contributed by atoms with van der Waals surface area (Å²) in [5.41, 5.74) is -0.553. The van der Waals surface area contributed by atoms with Gasteiger partial charge in [-0.2, -0.15) is 0 Å². The van der Waals surface area contributed by atoms with E-state index in [0.29, 0.717) is 64.6 Å². The Balaban J connectivity index is 1.89. The highest BCUT2D eigenvalue weighted by Crippen LogP contribution is 2.12. The van der Waals surface area contributed by atoms with Crippen LogP contribution in [0.15, 0.2) is 53.3 Å². The zero-order valence-electron chi connectivity index (χ0n) is 32.8. The molecule has 2 aromatic rings. The topological polar surface area (TPSA) is 123 Å². The largest absolute Gasteiger partial charge is 0.459 e. The molecule has 3 rings (SSSR count). The maximum Gasteiger partial charge on any atom is 0.320 e. The zero-order valence-corrected chi connectivity index (χ0v) is 32.8. The summed E-state index contributed by atoms with van der Waals surface area (Å²) in [6.07, 6.45) is 0. The number of ether oxygens (including phenoxy) is 3. The number of benzene rings is 1. The van der Waals surface area contributed by atoms with Gasteiger partial charge in [-0.25, -0.2) is 0 Å². The summed E-state index contributed by atoms with van der Waals surface area (Å²) in [5.74, 6) is -1.01. The molecule has 13 heteroatoms. The standard InChI is InChI=1S/C39H61N5O8/c1-37(2,3)50-34(46)27-41-20-18-40(26-32-16-13-17-33(45)44(32)49-30-31-14-11-10-12-15-31)19-21-42(28-35(47)51-38(4,5)6)23-25-43(24-22-41)29-36(48)52-39(7,8)9/h10-17H,18-30H2,1-9H3. The molecule has 0 radical (unpaired) electrons. The Kier molecular flexibility index (Phi) is 15.9. The van der Waals surface area contributed by atoms with Crippen molar-refractivity contribution in [3.63, 3.8) is 0 Å². The first-order chi connectivity index (χ1) is 24.2. The number of rotatable bonds is 11. The van der Waals surface area contributed by atoms with E-state index in [9.17, 15) is 19.2 Å². The normalized spacial score (nSPS) is 16.7.